The molecule has 0 spiro atoms. The van der Waals surface area contributed by atoms with E-state index in [1.165, 1.54) is 25.0 Å². The highest BCUT2D eigenvalue weighted by atomic mass is 35.5. The lowest BCUT2D eigenvalue weighted by Crippen LogP contribution is -2.20. The van der Waals surface area contributed by atoms with Crippen LogP contribution in [-0.4, -0.2) is 27.5 Å². The van der Waals surface area contributed by atoms with Crippen molar-refractivity contribution in [2.75, 3.05) is 17.6 Å². The molecular formula is C12H18ClN3S. The minimum Gasteiger partial charge on any atom is -0.369 e. The zero-order valence-electron chi connectivity index (χ0n) is 10.1. The highest BCUT2D eigenvalue weighted by Crippen LogP contribution is 2.25. The quantitative estimate of drug-likeness (QED) is 0.852. The highest BCUT2D eigenvalue weighted by Gasteiger charge is 2.13. The Bertz CT molecular complexity index is 367. The van der Waals surface area contributed by atoms with E-state index in [9.17, 15) is 0 Å². The fourth-order valence-electron chi connectivity index (χ4n) is 1.90. The first kappa shape index (κ1) is 13.0. The molecule has 0 aliphatic carbocycles. The number of thioether (sulfide) groups is 1. The molecule has 94 valence electrons. The summed E-state index contributed by atoms with van der Waals surface area (Å²) >= 11 is 8.01. The van der Waals surface area contributed by atoms with Crippen LogP contribution >= 0.6 is 23.4 Å². The third-order valence-electron chi connectivity index (χ3n) is 2.84. The average molecular weight is 272 g/mol. The zero-order valence-corrected chi connectivity index (χ0v) is 11.7. The fraction of sp³-hybridized carbons (Fsp3) is 0.667. The summed E-state index contributed by atoms with van der Waals surface area (Å²) in [5.74, 6) is 2.95. The Kier molecular flexibility index (Phi) is 4.92. The molecule has 0 saturated carbocycles. The first-order chi connectivity index (χ1) is 8.28. The van der Waals surface area contributed by atoms with E-state index in [1.807, 2.05) is 6.92 Å². The van der Waals surface area contributed by atoms with E-state index in [2.05, 4.69) is 27.0 Å². The third kappa shape index (κ3) is 4.03. The van der Waals surface area contributed by atoms with E-state index in [0.29, 0.717) is 10.4 Å². The van der Waals surface area contributed by atoms with Crippen LogP contribution in [0.1, 0.15) is 32.0 Å². The average Bonchev–Trinajstić information content (AvgIpc) is 2.37. The van der Waals surface area contributed by atoms with Gasteiger partial charge in [-0.3, -0.25) is 0 Å². The summed E-state index contributed by atoms with van der Waals surface area (Å²) in [6, 6.07) is 1.80. The minimum absolute atomic E-state index is 0.524. The molecule has 1 unspecified atom stereocenters. The summed E-state index contributed by atoms with van der Waals surface area (Å²) in [5.41, 5.74) is 0. The normalized spacial score (nSPS) is 20.2. The second-order valence-corrected chi connectivity index (χ2v) is 6.01. The molecule has 1 aromatic heterocycles. The summed E-state index contributed by atoms with van der Waals surface area (Å²) in [6.07, 6.45) is 4.83. The van der Waals surface area contributed by atoms with Crippen LogP contribution in [0, 0.1) is 0 Å². The first-order valence-corrected chi connectivity index (χ1v) is 7.59. The van der Waals surface area contributed by atoms with Gasteiger partial charge in [0.15, 0.2) is 0 Å². The number of aryl methyl sites for hydroxylation is 1. The van der Waals surface area contributed by atoms with Crippen LogP contribution in [0.3, 0.4) is 0 Å². The molecule has 5 heteroatoms. The molecule has 2 heterocycles. The molecule has 1 fully saturated rings. The summed E-state index contributed by atoms with van der Waals surface area (Å²) < 4.78 is 0. The SMILES string of the molecule is CCc1nc(Cl)cc(NCC2CCCCS2)n1. The van der Waals surface area contributed by atoms with Crippen molar-refractivity contribution in [3.05, 3.63) is 17.0 Å². The molecule has 0 bridgehead atoms. The van der Waals surface area contributed by atoms with Crippen molar-refractivity contribution >= 4 is 29.2 Å². The molecule has 2 rings (SSSR count). The Labute approximate surface area is 112 Å². The van der Waals surface area contributed by atoms with Crippen LogP contribution in [0.4, 0.5) is 5.82 Å². The number of halogens is 1. The molecule has 1 saturated heterocycles. The summed E-state index contributed by atoms with van der Waals surface area (Å²) in [5, 5.41) is 4.61. The molecule has 0 radical (unpaired) electrons. The van der Waals surface area contributed by atoms with Crippen molar-refractivity contribution in [3.63, 3.8) is 0 Å². The Morgan fingerprint density at radius 2 is 2.35 bits per heavy atom. The van der Waals surface area contributed by atoms with E-state index in [0.717, 1.165) is 24.6 Å². The van der Waals surface area contributed by atoms with Gasteiger partial charge in [0.25, 0.3) is 0 Å². The standard InChI is InChI=1S/C12H18ClN3S/c1-2-11-15-10(13)7-12(16-11)14-8-9-5-3-4-6-17-9/h7,9H,2-6,8H2,1H3,(H,14,15,16). The number of hydrogen-bond acceptors (Lipinski definition) is 4. The Hall–Kier alpha value is -0.480. The molecule has 0 aromatic carbocycles. The van der Waals surface area contributed by atoms with Gasteiger partial charge in [0.1, 0.15) is 16.8 Å². The van der Waals surface area contributed by atoms with Crippen molar-refractivity contribution in [2.45, 2.75) is 37.9 Å². The largest absolute Gasteiger partial charge is 0.369 e. The Morgan fingerprint density at radius 1 is 1.47 bits per heavy atom. The van der Waals surface area contributed by atoms with Gasteiger partial charge in [-0.1, -0.05) is 24.9 Å². The zero-order chi connectivity index (χ0) is 12.1. The van der Waals surface area contributed by atoms with E-state index < -0.39 is 0 Å². The van der Waals surface area contributed by atoms with Crippen LogP contribution in [-0.2, 0) is 6.42 Å². The van der Waals surface area contributed by atoms with Crippen molar-refractivity contribution in [3.8, 4) is 0 Å². The van der Waals surface area contributed by atoms with Crippen LogP contribution in [0.2, 0.25) is 5.15 Å². The lowest BCUT2D eigenvalue weighted by molar-refractivity contribution is 0.676. The number of nitrogens with one attached hydrogen (secondary N) is 1. The van der Waals surface area contributed by atoms with Gasteiger partial charge in [-0.2, -0.15) is 11.8 Å². The van der Waals surface area contributed by atoms with Gasteiger partial charge < -0.3 is 5.32 Å². The molecule has 1 N–H and O–H groups in total. The summed E-state index contributed by atoms with van der Waals surface area (Å²) in [4.78, 5) is 8.58. The van der Waals surface area contributed by atoms with Crippen molar-refractivity contribution in [1.82, 2.24) is 9.97 Å². The molecule has 17 heavy (non-hydrogen) atoms. The van der Waals surface area contributed by atoms with Gasteiger partial charge in [-0.25, -0.2) is 9.97 Å². The van der Waals surface area contributed by atoms with Gasteiger partial charge in [0.05, 0.1) is 0 Å². The Balaban J connectivity index is 1.91. The monoisotopic (exact) mass is 271 g/mol. The number of anilines is 1. The van der Waals surface area contributed by atoms with E-state index in [4.69, 9.17) is 11.6 Å². The minimum atomic E-state index is 0.524. The van der Waals surface area contributed by atoms with Crippen LogP contribution in [0.25, 0.3) is 0 Å². The smallest absolute Gasteiger partial charge is 0.134 e. The maximum Gasteiger partial charge on any atom is 0.134 e. The van der Waals surface area contributed by atoms with Crippen LogP contribution < -0.4 is 5.32 Å². The number of nitrogens with zero attached hydrogens (tertiary/aromatic N) is 2. The topological polar surface area (TPSA) is 37.8 Å². The van der Waals surface area contributed by atoms with E-state index in [-0.39, 0.29) is 0 Å². The van der Waals surface area contributed by atoms with Gasteiger partial charge in [-0.05, 0) is 18.6 Å². The number of hydrogen-bond donors (Lipinski definition) is 1. The van der Waals surface area contributed by atoms with Crippen molar-refractivity contribution in [1.29, 1.82) is 0 Å². The predicted octanol–water partition coefficient (Wildman–Crippen LogP) is 3.39. The van der Waals surface area contributed by atoms with Crippen molar-refractivity contribution in [2.24, 2.45) is 0 Å². The molecule has 0 amide bonds. The third-order valence-corrected chi connectivity index (χ3v) is 4.43. The number of aromatic nitrogens is 2. The molecule has 1 aliphatic heterocycles. The molecule has 1 atom stereocenters. The lowest BCUT2D eigenvalue weighted by Gasteiger charge is -2.21. The fourth-order valence-corrected chi connectivity index (χ4v) is 3.34. The van der Waals surface area contributed by atoms with E-state index >= 15 is 0 Å². The number of rotatable bonds is 4. The Morgan fingerprint density at radius 3 is 3.06 bits per heavy atom. The maximum absolute atomic E-state index is 5.95. The van der Waals surface area contributed by atoms with Crippen molar-refractivity contribution < 1.29 is 0 Å². The van der Waals surface area contributed by atoms with Gasteiger partial charge in [0.2, 0.25) is 0 Å². The van der Waals surface area contributed by atoms with E-state index in [1.54, 1.807) is 6.07 Å². The van der Waals surface area contributed by atoms with Gasteiger partial charge >= 0.3 is 0 Å². The van der Waals surface area contributed by atoms with Gasteiger partial charge in [0, 0.05) is 24.3 Å². The molecule has 3 nitrogen and oxygen atoms in total. The summed E-state index contributed by atoms with van der Waals surface area (Å²) in [6.45, 7) is 3.01. The molecular weight excluding hydrogens is 254 g/mol. The first-order valence-electron chi connectivity index (χ1n) is 6.17. The molecule has 1 aromatic rings. The highest BCUT2D eigenvalue weighted by molar-refractivity contribution is 7.99. The molecule has 1 aliphatic rings. The second-order valence-electron chi connectivity index (χ2n) is 4.22. The summed E-state index contributed by atoms with van der Waals surface area (Å²) in [7, 11) is 0. The van der Waals surface area contributed by atoms with Crippen LogP contribution in [0.15, 0.2) is 6.07 Å². The lowest BCUT2D eigenvalue weighted by atomic mass is 10.2. The predicted molar refractivity (Wildman–Crippen MR) is 75.0 cm³/mol. The second kappa shape index (κ2) is 6.45. The van der Waals surface area contributed by atoms with Crippen LogP contribution in [0.5, 0.6) is 0 Å². The maximum atomic E-state index is 5.95. The van der Waals surface area contributed by atoms with Gasteiger partial charge in [-0.15, -0.1) is 0 Å².